The maximum Gasteiger partial charge on any atom is 0.290 e. The van der Waals surface area contributed by atoms with E-state index in [0.29, 0.717) is 49.4 Å². The van der Waals surface area contributed by atoms with Crippen LogP contribution >= 0.6 is 0 Å². The molecule has 0 saturated heterocycles. The maximum absolute atomic E-state index is 11.2. The van der Waals surface area contributed by atoms with E-state index in [4.69, 9.17) is 29.8 Å². The summed E-state index contributed by atoms with van der Waals surface area (Å²) in [5.41, 5.74) is 7.13. The van der Waals surface area contributed by atoms with Crippen LogP contribution in [0.4, 0.5) is 0 Å². The Morgan fingerprint density at radius 2 is 1.59 bits per heavy atom. The first kappa shape index (κ1) is 32.1. The molecule has 1 aromatic carbocycles. The highest BCUT2D eigenvalue weighted by atomic mass is 16.5. The van der Waals surface area contributed by atoms with Gasteiger partial charge < -0.3 is 35.3 Å². The standard InChI is InChI=1S/C25H45NO5.CH2O2/c1-16(2)18(5)13-22(27)21(26)15-20(17(3)4)25(28)19-9-10-23(30-7)24(14-19)31-12-8-11-29-6;2-1-3/h9-10,14,16-18,20-22,25,27-28H,8,11-13,15,26H2,1-7H3;1H,(H,2,3). The normalized spacial score (nSPS) is 15.6. The van der Waals surface area contributed by atoms with Crippen molar-refractivity contribution in [3.05, 3.63) is 23.8 Å². The van der Waals surface area contributed by atoms with Gasteiger partial charge in [0.15, 0.2) is 11.5 Å². The first-order valence-corrected chi connectivity index (χ1v) is 12.0. The quantitative estimate of drug-likeness (QED) is 0.217. The van der Waals surface area contributed by atoms with Crippen molar-refractivity contribution in [3.8, 4) is 11.5 Å². The molecule has 0 aliphatic rings. The number of hydrogen-bond acceptors (Lipinski definition) is 7. The molecule has 0 radical (unpaired) electrons. The molecule has 5 N–H and O–H groups in total. The average molecular weight is 486 g/mol. The molecule has 0 spiro atoms. The first-order chi connectivity index (χ1) is 16.0. The summed E-state index contributed by atoms with van der Waals surface area (Å²) >= 11 is 0. The minimum absolute atomic E-state index is 0.0891. The smallest absolute Gasteiger partial charge is 0.290 e. The number of hydrogen-bond donors (Lipinski definition) is 4. The van der Waals surface area contributed by atoms with Gasteiger partial charge in [0.05, 0.1) is 25.9 Å². The average Bonchev–Trinajstić information content (AvgIpc) is 2.79. The highest BCUT2D eigenvalue weighted by Crippen LogP contribution is 2.37. The molecule has 198 valence electrons. The molecule has 5 unspecified atom stereocenters. The zero-order valence-electron chi connectivity index (χ0n) is 21.9. The number of carbonyl (C=O) groups is 1. The van der Waals surface area contributed by atoms with E-state index in [0.717, 1.165) is 12.0 Å². The van der Waals surface area contributed by atoms with Crippen molar-refractivity contribution in [1.29, 1.82) is 0 Å². The van der Waals surface area contributed by atoms with Crippen molar-refractivity contribution in [3.63, 3.8) is 0 Å². The van der Waals surface area contributed by atoms with E-state index in [9.17, 15) is 10.2 Å². The van der Waals surface area contributed by atoms with Crippen LogP contribution in [0.2, 0.25) is 0 Å². The molecule has 1 rings (SSSR count). The third kappa shape index (κ3) is 11.5. The Labute approximate surface area is 205 Å². The van der Waals surface area contributed by atoms with Gasteiger partial charge in [0.1, 0.15) is 0 Å². The van der Waals surface area contributed by atoms with E-state index in [1.54, 1.807) is 14.2 Å². The molecule has 0 aliphatic carbocycles. The van der Waals surface area contributed by atoms with Gasteiger partial charge in [0.2, 0.25) is 0 Å². The van der Waals surface area contributed by atoms with Crippen molar-refractivity contribution in [2.75, 3.05) is 27.4 Å². The molecule has 8 heteroatoms. The van der Waals surface area contributed by atoms with Gasteiger partial charge in [-0.25, -0.2) is 0 Å². The molecule has 0 saturated carbocycles. The summed E-state index contributed by atoms with van der Waals surface area (Å²) in [5, 5.41) is 28.7. The molecule has 0 heterocycles. The lowest BCUT2D eigenvalue weighted by Crippen LogP contribution is -2.40. The van der Waals surface area contributed by atoms with Crippen LogP contribution in [0.5, 0.6) is 11.5 Å². The number of benzene rings is 1. The second kappa shape index (κ2) is 17.5. The number of methoxy groups -OCH3 is 2. The number of nitrogens with two attached hydrogens (primary N) is 1. The molecular weight excluding hydrogens is 438 g/mol. The monoisotopic (exact) mass is 485 g/mol. The van der Waals surface area contributed by atoms with Crippen molar-refractivity contribution in [2.24, 2.45) is 29.4 Å². The highest BCUT2D eigenvalue weighted by molar-refractivity contribution is 5.43. The first-order valence-electron chi connectivity index (χ1n) is 12.0. The number of aliphatic hydroxyl groups excluding tert-OH is 2. The van der Waals surface area contributed by atoms with E-state index in [1.807, 2.05) is 18.2 Å². The Morgan fingerprint density at radius 3 is 2.09 bits per heavy atom. The highest BCUT2D eigenvalue weighted by Gasteiger charge is 2.30. The van der Waals surface area contributed by atoms with Crippen LogP contribution in [-0.2, 0) is 9.53 Å². The van der Waals surface area contributed by atoms with Gasteiger partial charge in [-0.15, -0.1) is 0 Å². The third-order valence-corrected chi connectivity index (χ3v) is 6.33. The summed E-state index contributed by atoms with van der Waals surface area (Å²) < 4.78 is 16.3. The van der Waals surface area contributed by atoms with Crippen LogP contribution in [0, 0.1) is 23.7 Å². The molecule has 0 aliphatic heterocycles. The van der Waals surface area contributed by atoms with Crippen LogP contribution in [0.3, 0.4) is 0 Å². The van der Waals surface area contributed by atoms with Gasteiger partial charge in [-0.1, -0.05) is 40.7 Å². The van der Waals surface area contributed by atoms with E-state index < -0.39 is 12.2 Å². The van der Waals surface area contributed by atoms with E-state index >= 15 is 0 Å². The summed E-state index contributed by atoms with van der Waals surface area (Å²) in [6.45, 7) is 11.5. The fourth-order valence-corrected chi connectivity index (χ4v) is 3.69. The lowest BCUT2D eigenvalue weighted by Gasteiger charge is -2.32. The second-order valence-corrected chi connectivity index (χ2v) is 9.49. The zero-order valence-corrected chi connectivity index (χ0v) is 21.9. The molecule has 0 bridgehead atoms. The van der Waals surface area contributed by atoms with Crippen LogP contribution < -0.4 is 15.2 Å². The van der Waals surface area contributed by atoms with Gasteiger partial charge in [-0.2, -0.15) is 0 Å². The molecule has 8 nitrogen and oxygen atoms in total. The lowest BCUT2D eigenvalue weighted by molar-refractivity contribution is -0.122. The Morgan fingerprint density at radius 1 is 0.971 bits per heavy atom. The Hall–Kier alpha value is -1.87. The topological polar surface area (TPSA) is 131 Å². The molecule has 5 atom stereocenters. The van der Waals surface area contributed by atoms with E-state index in [-0.39, 0.29) is 24.3 Å². The summed E-state index contributed by atoms with van der Waals surface area (Å²) in [7, 11) is 3.26. The SMILES string of the molecule is COCCCOc1cc(C(O)C(CC(N)C(O)CC(C)C(C)C)C(C)C)ccc1OC.O=CO. The number of carboxylic acid groups (broad SMARTS) is 1. The number of ether oxygens (including phenoxy) is 3. The third-order valence-electron chi connectivity index (χ3n) is 6.33. The molecule has 34 heavy (non-hydrogen) atoms. The van der Waals surface area contributed by atoms with Crippen LogP contribution in [-0.4, -0.2) is 61.4 Å². The van der Waals surface area contributed by atoms with Crippen molar-refractivity contribution in [1.82, 2.24) is 0 Å². The van der Waals surface area contributed by atoms with Gasteiger partial charge in [-0.3, -0.25) is 4.79 Å². The summed E-state index contributed by atoms with van der Waals surface area (Å²) in [5.74, 6) is 2.23. The second-order valence-electron chi connectivity index (χ2n) is 9.49. The van der Waals surface area contributed by atoms with E-state index in [1.165, 1.54) is 0 Å². The van der Waals surface area contributed by atoms with Crippen LogP contribution in [0.15, 0.2) is 18.2 Å². The summed E-state index contributed by atoms with van der Waals surface area (Å²) in [4.78, 5) is 8.36. The molecular formula is C26H47NO7. The fourth-order valence-electron chi connectivity index (χ4n) is 3.69. The minimum Gasteiger partial charge on any atom is -0.493 e. The minimum atomic E-state index is -0.715. The van der Waals surface area contributed by atoms with Crippen LogP contribution in [0.25, 0.3) is 0 Å². The van der Waals surface area contributed by atoms with Crippen molar-refractivity contribution in [2.45, 2.75) is 72.1 Å². The van der Waals surface area contributed by atoms with Crippen molar-refractivity contribution >= 4 is 6.47 Å². The Bertz CT molecular complexity index is 669. The predicted octanol–water partition coefficient (Wildman–Crippen LogP) is 3.88. The van der Waals surface area contributed by atoms with Gasteiger partial charge >= 0.3 is 0 Å². The maximum atomic E-state index is 11.2. The van der Waals surface area contributed by atoms with Crippen molar-refractivity contribution < 1.29 is 34.3 Å². The van der Waals surface area contributed by atoms with Gasteiger partial charge in [0, 0.05) is 26.2 Å². The summed E-state index contributed by atoms with van der Waals surface area (Å²) in [6, 6.07) is 5.14. The van der Waals surface area contributed by atoms with Gasteiger partial charge in [0.25, 0.3) is 6.47 Å². The number of rotatable bonds is 15. The zero-order chi connectivity index (χ0) is 26.3. The molecule has 0 aromatic heterocycles. The Balaban J connectivity index is 0.00000343. The fraction of sp³-hybridized carbons (Fsp3) is 0.731. The largest absolute Gasteiger partial charge is 0.493 e. The molecule has 0 fully saturated rings. The molecule has 0 amide bonds. The molecule has 1 aromatic rings. The number of aliphatic hydroxyl groups is 2. The predicted molar refractivity (Wildman–Crippen MR) is 134 cm³/mol. The lowest BCUT2D eigenvalue weighted by atomic mass is 9.79. The van der Waals surface area contributed by atoms with E-state index in [2.05, 4.69) is 34.6 Å². The Kier molecular flexibility index (Phi) is 16.6. The summed E-state index contributed by atoms with van der Waals surface area (Å²) in [6.07, 6.45) is 0.681. The van der Waals surface area contributed by atoms with Crippen LogP contribution in [0.1, 0.15) is 65.5 Å². The van der Waals surface area contributed by atoms with Gasteiger partial charge in [-0.05, 0) is 54.2 Å².